The summed E-state index contributed by atoms with van der Waals surface area (Å²) < 4.78 is 10.2. The fourth-order valence-electron chi connectivity index (χ4n) is 1.79. The van der Waals surface area contributed by atoms with Gasteiger partial charge in [-0.05, 0) is 24.6 Å². The minimum absolute atomic E-state index is 0. The highest BCUT2D eigenvalue weighted by atomic mass is 127. The zero-order valence-electron chi connectivity index (χ0n) is 13.3. The number of hydrogen-bond donors (Lipinski definition) is 1. The van der Waals surface area contributed by atoms with Crippen LogP contribution in [0.4, 0.5) is 0 Å². The highest BCUT2D eigenvalue weighted by Gasteiger charge is 2.06. The van der Waals surface area contributed by atoms with E-state index in [0.29, 0.717) is 13.2 Å². The van der Waals surface area contributed by atoms with Gasteiger partial charge < -0.3 is 19.7 Å². The van der Waals surface area contributed by atoms with E-state index in [1.165, 1.54) is 5.56 Å². The van der Waals surface area contributed by atoms with Gasteiger partial charge in [-0.2, -0.15) is 0 Å². The second-order valence-corrected chi connectivity index (χ2v) is 4.43. The molecule has 0 aliphatic carbocycles. The molecule has 0 aliphatic rings. The molecule has 1 aromatic carbocycles. The minimum atomic E-state index is 0. The second-order valence-electron chi connectivity index (χ2n) is 4.43. The van der Waals surface area contributed by atoms with E-state index >= 15 is 0 Å². The highest BCUT2D eigenvalue weighted by molar-refractivity contribution is 14.0. The van der Waals surface area contributed by atoms with Gasteiger partial charge in [-0.1, -0.05) is 12.1 Å². The first-order valence-electron chi connectivity index (χ1n) is 6.82. The van der Waals surface area contributed by atoms with Crippen molar-refractivity contribution in [1.82, 2.24) is 10.2 Å². The first kappa shape index (κ1) is 20.0. The van der Waals surface area contributed by atoms with E-state index in [9.17, 15) is 0 Å². The fraction of sp³-hybridized carbons (Fsp3) is 0.533. The smallest absolute Gasteiger partial charge is 0.194 e. The van der Waals surface area contributed by atoms with Gasteiger partial charge in [0.25, 0.3) is 0 Å². The summed E-state index contributed by atoms with van der Waals surface area (Å²) in [6.07, 6.45) is 0. The number of methoxy groups -OCH3 is 2. The molecular weight excluding hydrogens is 381 g/mol. The monoisotopic (exact) mass is 407 g/mol. The zero-order valence-corrected chi connectivity index (χ0v) is 15.6. The van der Waals surface area contributed by atoms with Crippen molar-refractivity contribution in [2.24, 2.45) is 4.99 Å². The molecular formula is C15H26IN3O2. The Morgan fingerprint density at radius 2 is 1.90 bits per heavy atom. The summed E-state index contributed by atoms with van der Waals surface area (Å²) in [4.78, 5) is 6.61. The predicted octanol–water partition coefficient (Wildman–Crippen LogP) is 2.36. The van der Waals surface area contributed by atoms with Crippen LogP contribution in [0.2, 0.25) is 0 Å². The second kappa shape index (κ2) is 11.6. The number of ether oxygens (including phenoxy) is 2. The zero-order chi connectivity index (χ0) is 14.8. The van der Waals surface area contributed by atoms with Crippen LogP contribution in [-0.4, -0.2) is 51.8 Å². The van der Waals surface area contributed by atoms with Crippen molar-refractivity contribution in [2.45, 2.75) is 13.5 Å². The van der Waals surface area contributed by atoms with Crippen LogP contribution < -0.4 is 10.1 Å². The Balaban J connectivity index is 0.00000400. The third-order valence-electron chi connectivity index (χ3n) is 2.83. The molecule has 0 spiro atoms. The molecule has 1 aromatic rings. The number of rotatable bonds is 7. The van der Waals surface area contributed by atoms with Crippen molar-refractivity contribution >= 4 is 29.9 Å². The SMILES string of the molecule is CCNC(=NCCOC)N(C)Cc1ccc(OC)cc1.I. The number of nitrogens with zero attached hydrogens (tertiary/aromatic N) is 2. The maximum Gasteiger partial charge on any atom is 0.194 e. The Morgan fingerprint density at radius 1 is 1.24 bits per heavy atom. The Morgan fingerprint density at radius 3 is 2.43 bits per heavy atom. The molecule has 0 amide bonds. The summed E-state index contributed by atoms with van der Waals surface area (Å²) in [5.74, 6) is 1.76. The molecule has 6 heteroatoms. The number of guanidine groups is 1. The molecule has 120 valence electrons. The third-order valence-corrected chi connectivity index (χ3v) is 2.83. The molecule has 0 unspecified atom stereocenters. The van der Waals surface area contributed by atoms with Gasteiger partial charge in [0.05, 0.1) is 20.3 Å². The molecule has 0 heterocycles. The maximum absolute atomic E-state index is 5.16. The van der Waals surface area contributed by atoms with Crippen LogP contribution in [0.5, 0.6) is 5.75 Å². The molecule has 1 rings (SSSR count). The summed E-state index contributed by atoms with van der Waals surface area (Å²) in [6, 6.07) is 8.07. The van der Waals surface area contributed by atoms with E-state index in [1.807, 2.05) is 19.2 Å². The van der Waals surface area contributed by atoms with Crippen LogP contribution in [-0.2, 0) is 11.3 Å². The van der Waals surface area contributed by atoms with Crippen LogP contribution in [0.1, 0.15) is 12.5 Å². The third kappa shape index (κ3) is 7.52. The molecule has 0 aromatic heterocycles. The van der Waals surface area contributed by atoms with E-state index in [2.05, 4.69) is 34.3 Å². The van der Waals surface area contributed by atoms with E-state index in [0.717, 1.165) is 24.8 Å². The number of nitrogens with one attached hydrogen (secondary N) is 1. The topological polar surface area (TPSA) is 46.1 Å². The highest BCUT2D eigenvalue weighted by Crippen LogP contribution is 2.12. The standard InChI is InChI=1S/C15H25N3O2.HI/c1-5-16-15(17-10-11-19-3)18(2)12-13-6-8-14(20-4)9-7-13;/h6-9H,5,10-12H2,1-4H3,(H,16,17);1H. The molecule has 0 aliphatic heterocycles. The van der Waals surface area contributed by atoms with Gasteiger partial charge in [-0.15, -0.1) is 24.0 Å². The van der Waals surface area contributed by atoms with E-state index in [1.54, 1.807) is 14.2 Å². The largest absolute Gasteiger partial charge is 0.497 e. The number of aliphatic imine (C=N–C) groups is 1. The summed E-state index contributed by atoms with van der Waals surface area (Å²) in [6.45, 7) is 4.99. The summed E-state index contributed by atoms with van der Waals surface area (Å²) in [5, 5.41) is 3.28. The van der Waals surface area contributed by atoms with E-state index in [-0.39, 0.29) is 24.0 Å². The van der Waals surface area contributed by atoms with Gasteiger partial charge in [0.15, 0.2) is 5.96 Å². The normalized spacial score (nSPS) is 10.8. The van der Waals surface area contributed by atoms with E-state index < -0.39 is 0 Å². The average molecular weight is 407 g/mol. The molecule has 0 fully saturated rings. The first-order chi connectivity index (χ1) is 9.71. The number of halogens is 1. The fourth-order valence-corrected chi connectivity index (χ4v) is 1.79. The Bertz CT molecular complexity index is 410. The van der Waals surface area contributed by atoms with Gasteiger partial charge in [-0.25, -0.2) is 0 Å². The lowest BCUT2D eigenvalue weighted by Gasteiger charge is -2.22. The van der Waals surface area contributed by atoms with Gasteiger partial charge in [0, 0.05) is 27.2 Å². The van der Waals surface area contributed by atoms with Crippen LogP contribution in [0, 0.1) is 0 Å². The van der Waals surface area contributed by atoms with Crippen molar-refractivity contribution in [2.75, 3.05) is 41.0 Å². The molecule has 21 heavy (non-hydrogen) atoms. The van der Waals surface area contributed by atoms with Gasteiger partial charge >= 0.3 is 0 Å². The lowest BCUT2D eigenvalue weighted by atomic mass is 10.2. The number of benzene rings is 1. The van der Waals surface area contributed by atoms with Gasteiger partial charge in [-0.3, -0.25) is 4.99 Å². The minimum Gasteiger partial charge on any atom is -0.497 e. The maximum atomic E-state index is 5.16. The lowest BCUT2D eigenvalue weighted by molar-refractivity contribution is 0.207. The van der Waals surface area contributed by atoms with Gasteiger partial charge in [0.1, 0.15) is 5.75 Å². The molecule has 0 saturated heterocycles. The predicted molar refractivity (Wildman–Crippen MR) is 97.7 cm³/mol. The van der Waals surface area contributed by atoms with Crippen LogP contribution >= 0.6 is 24.0 Å². The summed E-state index contributed by atoms with van der Waals surface area (Å²) in [5.41, 5.74) is 1.21. The van der Waals surface area contributed by atoms with Gasteiger partial charge in [0.2, 0.25) is 0 Å². The molecule has 0 saturated carbocycles. The Hall–Kier alpha value is -1.02. The molecule has 0 radical (unpaired) electrons. The van der Waals surface area contributed by atoms with Crippen molar-refractivity contribution < 1.29 is 9.47 Å². The quantitative estimate of drug-likeness (QED) is 0.326. The van der Waals surface area contributed by atoms with Crippen molar-refractivity contribution in [3.05, 3.63) is 29.8 Å². The van der Waals surface area contributed by atoms with Crippen LogP contribution in [0.25, 0.3) is 0 Å². The Labute approximate surface area is 144 Å². The summed E-state index contributed by atoms with van der Waals surface area (Å²) >= 11 is 0. The average Bonchev–Trinajstić information content (AvgIpc) is 2.47. The Kier molecular flexibility index (Phi) is 11.1. The van der Waals surface area contributed by atoms with Crippen LogP contribution in [0.15, 0.2) is 29.3 Å². The summed E-state index contributed by atoms with van der Waals surface area (Å²) in [7, 11) is 5.38. The molecule has 0 bridgehead atoms. The van der Waals surface area contributed by atoms with Crippen molar-refractivity contribution in [3.8, 4) is 5.75 Å². The first-order valence-corrected chi connectivity index (χ1v) is 6.82. The van der Waals surface area contributed by atoms with E-state index in [4.69, 9.17) is 9.47 Å². The molecule has 5 nitrogen and oxygen atoms in total. The number of hydrogen-bond acceptors (Lipinski definition) is 3. The molecule has 0 atom stereocenters. The van der Waals surface area contributed by atoms with Crippen molar-refractivity contribution in [3.63, 3.8) is 0 Å². The lowest BCUT2D eigenvalue weighted by Crippen LogP contribution is -2.38. The molecule has 1 N–H and O–H groups in total. The van der Waals surface area contributed by atoms with Crippen LogP contribution in [0.3, 0.4) is 0 Å². The van der Waals surface area contributed by atoms with Crippen molar-refractivity contribution in [1.29, 1.82) is 0 Å².